The van der Waals surface area contributed by atoms with Crippen LogP contribution in [-0.2, 0) is 0 Å². The Bertz CT molecular complexity index is 722. The van der Waals surface area contributed by atoms with E-state index < -0.39 is 0 Å². The quantitative estimate of drug-likeness (QED) is 0.819. The summed E-state index contributed by atoms with van der Waals surface area (Å²) in [6, 6.07) is 10.1. The van der Waals surface area contributed by atoms with E-state index >= 15 is 0 Å². The molecule has 0 unspecified atom stereocenters. The summed E-state index contributed by atoms with van der Waals surface area (Å²) in [6.45, 7) is 5.99. The Morgan fingerprint density at radius 3 is 2.23 bits per heavy atom. The molecule has 5 nitrogen and oxygen atoms in total. The summed E-state index contributed by atoms with van der Waals surface area (Å²) < 4.78 is 0. The topological polar surface area (TPSA) is 35.5 Å². The van der Waals surface area contributed by atoms with Crippen LogP contribution in [0.2, 0.25) is 5.02 Å². The highest BCUT2D eigenvalue weighted by molar-refractivity contribution is 6.30. The normalized spacial score (nSPS) is 18.7. The summed E-state index contributed by atoms with van der Waals surface area (Å²) in [5.74, 6) is 1.94. The predicted octanol–water partition coefficient (Wildman–Crippen LogP) is 3.84. The molecule has 1 aromatic carbocycles. The number of hydrogen-bond donors (Lipinski definition) is 0. The zero-order chi connectivity index (χ0) is 17.8. The highest BCUT2D eigenvalue weighted by atomic mass is 35.5. The van der Waals surface area contributed by atoms with Gasteiger partial charge in [0.05, 0.1) is 0 Å². The van der Waals surface area contributed by atoms with Gasteiger partial charge in [-0.25, -0.2) is 4.98 Å². The summed E-state index contributed by atoms with van der Waals surface area (Å²) in [7, 11) is 0. The first-order valence-corrected chi connectivity index (χ1v) is 10.0. The summed E-state index contributed by atoms with van der Waals surface area (Å²) in [5, 5.41) is 0.790. The van der Waals surface area contributed by atoms with Gasteiger partial charge in [-0.1, -0.05) is 30.5 Å². The summed E-state index contributed by atoms with van der Waals surface area (Å²) in [4.78, 5) is 16.5. The molecule has 0 amide bonds. The minimum atomic E-state index is 0.790. The van der Waals surface area contributed by atoms with E-state index in [4.69, 9.17) is 16.6 Å². The van der Waals surface area contributed by atoms with Gasteiger partial charge in [0.2, 0.25) is 5.95 Å². The Hall–Kier alpha value is -2.01. The highest BCUT2D eigenvalue weighted by Gasteiger charge is 2.20. The maximum Gasteiger partial charge on any atom is 0.227 e. The third-order valence-electron chi connectivity index (χ3n) is 5.29. The standard InChI is InChI=1S/C20H26ClN5/c21-17-6-5-7-18(16-17)24-12-14-26(15-13-24)20-22-9-8-19(23-20)25-10-3-1-2-4-11-25/h5-9,16H,1-4,10-15H2. The number of aromatic nitrogens is 2. The van der Waals surface area contributed by atoms with Crippen molar-refractivity contribution in [2.75, 3.05) is 54.0 Å². The first-order chi connectivity index (χ1) is 12.8. The lowest BCUT2D eigenvalue weighted by atomic mass is 10.2. The molecular weight excluding hydrogens is 346 g/mol. The smallest absolute Gasteiger partial charge is 0.227 e. The monoisotopic (exact) mass is 371 g/mol. The van der Waals surface area contributed by atoms with Crippen molar-refractivity contribution in [2.45, 2.75) is 25.7 Å². The second-order valence-corrected chi connectivity index (χ2v) is 7.51. The second kappa shape index (κ2) is 8.12. The van der Waals surface area contributed by atoms with Crippen LogP contribution in [0.4, 0.5) is 17.5 Å². The van der Waals surface area contributed by atoms with Gasteiger partial charge < -0.3 is 14.7 Å². The lowest BCUT2D eigenvalue weighted by Gasteiger charge is -2.36. The Morgan fingerprint density at radius 1 is 0.769 bits per heavy atom. The van der Waals surface area contributed by atoms with Crippen LogP contribution >= 0.6 is 11.6 Å². The molecule has 6 heteroatoms. The minimum Gasteiger partial charge on any atom is -0.368 e. The van der Waals surface area contributed by atoms with E-state index in [0.717, 1.165) is 56.1 Å². The van der Waals surface area contributed by atoms with Gasteiger partial charge in [0.25, 0.3) is 0 Å². The molecule has 2 aromatic rings. The van der Waals surface area contributed by atoms with Gasteiger partial charge >= 0.3 is 0 Å². The summed E-state index contributed by atoms with van der Waals surface area (Å²) >= 11 is 6.13. The number of anilines is 3. The fraction of sp³-hybridized carbons (Fsp3) is 0.500. The van der Waals surface area contributed by atoms with E-state index in [2.05, 4.69) is 31.8 Å². The maximum atomic E-state index is 6.13. The lowest BCUT2D eigenvalue weighted by molar-refractivity contribution is 0.638. The van der Waals surface area contributed by atoms with Crippen LogP contribution in [0.15, 0.2) is 36.5 Å². The van der Waals surface area contributed by atoms with Crippen molar-refractivity contribution in [3.8, 4) is 0 Å². The largest absolute Gasteiger partial charge is 0.368 e. The lowest BCUT2D eigenvalue weighted by Crippen LogP contribution is -2.47. The fourth-order valence-corrected chi connectivity index (χ4v) is 3.99. The van der Waals surface area contributed by atoms with Gasteiger partial charge in [0.1, 0.15) is 5.82 Å². The first-order valence-electron chi connectivity index (χ1n) is 9.63. The molecule has 2 aliphatic rings. The minimum absolute atomic E-state index is 0.790. The molecule has 0 radical (unpaired) electrons. The number of rotatable bonds is 3. The van der Waals surface area contributed by atoms with E-state index in [-0.39, 0.29) is 0 Å². The fourth-order valence-electron chi connectivity index (χ4n) is 3.80. The molecule has 3 heterocycles. The second-order valence-electron chi connectivity index (χ2n) is 7.07. The molecule has 138 valence electrons. The molecular formula is C20H26ClN5. The van der Waals surface area contributed by atoms with Crippen LogP contribution in [-0.4, -0.2) is 49.2 Å². The summed E-state index contributed by atoms with van der Waals surface area (Å²) in [6.07, 6.45) is 7.10. The molecule has 1 aromatic heterocycles. The van der Waals surface area contributed by atoms with Crippen molar-refractivity contribution in [2.24, 2.45) is 0 Å². The highest BCUT2D eigenvalue weighted by Crippen LogP contribution is 2.23. The van der Waals surface area contributed by atoms with Gasteiger partial charge in [0.15, 0.2) is 0 Å². The van der Waals surface area contributed by atoms with Crippen LogP contribution < -0.4 is 14.7 Å². The van der Waals surface area contributed by atoms with Gasteiger partial charge in [0, 0.05) is 56.2 Å². The van der Waals surface area contributed by atoms with Crippen LogP contribution in [0.5, 0.6) is 0 Å². The van der Waals surface area contributed by atoms with Crippen LogP contribution in [0.1, 0.15) is 25.7 Å². The number of benzene rings is 1. The molecule has 0 aliphatic carbocycles. The number of nitrogens with zero attached hydrogens (tertiary/aromatic N) is 5. The van der Waals surface area contributed by atoms with Crippen molar-refractivity contribution < 1.29 is 0 Å². The van der Waals surface area contributed by atoms with E-state index in [1.807, 2.05) is 24.4 Å². The maximum absolute atomic E-state index is 6.13. The Kier molecular flexibility index (Phi) is 5.44. The molecule has 2 saturated heterocycles. The predicted molar refractivity (Wildman–Crippen MR) is 109 cm³/mol. The molecule has 4 rings (SSSR count). The van der Waals surface area contributed by atoms with Crippen molar-refractivity contribution >= 4 is 29.1 Å². The molecule has 0 bridgehead atoms. The van der Waals surface area contributed by atoms with Gasteiger partial charge in [-0.05, 0) is 37.1 Å². The summed E-state index contributed by atoms with van der Waals surface area (Å²) in [5.41, 5.74) is 1.19. The van der Waals surface area contributed by atoms with Crippen molar-refractivity contribution in [1.82, 2.24) is 9.97 Å². The van der Waals surface area contributed by atoms with E-state index in [9.17, 15) is 0 Å². The zero-order valence-electron chi connectivity index (χ0n) is 15.1. The third kappa shape index (κ3) is 4.04. The van der Waals surface area contributed by atoms with Gasteiger partial charge in [-0.2, -0.15) is 4.98 Å². The Balaban J connectivity index is 1.42. The zero-order valence-corrected chi connectivity index (χ0v) is 15.9. The molecule has 26 heavy (non-hydrogen) atoms. The van der Waals surface area contributed by atoms with Crippen molar-refractivity contribution in [3.63, 3.8) is 0 Å². The molecule has 0 saturated carbocycles. The first kappa shape index (κ1) is 17.4. The van der Waals surface area contributed by atoms with Crippen LogP contribution in [0.25, 0.3) is 0 Å². The number of piperazine rings is 1. The Morgan fingerprint density at radius 2 is 1.50 bits per heavy atom. The molecule has 2 fully saturated rings. The van der Waals surface area contributed by atoms with Gasteiger partial charge in [-0.15, -0.1) is 0 Å². The number of hydrogen-bond acceptors (Lipinski definition) is 5. The molecule has 0 N–H and O–H groups in total. The van der Waals surface area contributed by atoms with E-state index in [1.165, 1.54) is 31.4 Å². The van der Waals surface area contributed by atoms with Crippen LogP contribution in [0, 0.1) is 0 Å². The molecule has 2 aliphatic heterocycles. The average molecular weight is 372 g/mol. The SMILES string of the molecule is Clc1cccc(N2CCN(c3nccc(N4CCCCCC4)n3)CC2)c1. The van der Waals surface area contributed by atoms with Crippen molar-refractivity contribution in [3.05, 3.63) is 41.6 Å². The average Bonchev–Trinajstić information content (AvgIpc) is 2.98. The van der Waals surface area contributed by atoms with Gasteiger partial charge in [-0.3, -0.25) is 0 Å². The third-order valence-corrected chi connectivity index (χ3v) is 5.53. The Labute approximate surface area is 160 Å². The number of halogens is 1. The molecule has 0 spiro atoms. The van der Waals surface area contributed by atoms with Crippen molar-refractivity contribution in [1.29, 1.82) is 0 Å². The van der Waals surface area contributed by atoms with Crippen LogP contribution in [0.3, 0.4) is 0 Å². The molecule has 0 atom stereocenters. The van der Waals surface area contributed by atoms with E-state index in [0.29, 0.717) is 0 Å². The van der Waals surface area contributed by atoms with E-state index in [1.54, 1.807) is 0 Å².